The van der Waals surface area contributed by atoms with Crippen LogP contribution in [-0.2, 0) is 4.79 Å². The summed E-state index contributed by atoms with van der Waals surface area (Å²) in [6, 6.07) is 0. The van der Waals surface area contributed by atoms with E-state index in [1.165, 1.54) is 12.8 Å². The minimum absolute atomic E-state index is 0.00711. The third-order valence-corrected chi connectivity index (χ3v) is 3.13. The van der Waals surface area contributed by atoms with Crippen LogP contribution in [0.4, 0.5) is 0 Å². The van der Waals surface area contributed by atoms with Gasteiger partial charge in [-0.05, 0) is 31.6 Å². The topological polar surface area (TPSA) is 20.3 Å². The van der Waals surface area contributed by atoms with Crippen LogP contribution >= 0.6 is 0 Å². The van der Waals surface area contributed by atoms with Crippen LogP contribution in [0.15, 0.2) is 0 Å². The lowest BCUT2D eigenvalue weighted by atomic mass is 9.58. The maximum absolute atomic E-state index is 11.3. The molecule has 13 heavy (non-hydrogen) atoms. The van der Waals surface area contributed by atoms with Gasteiger partial charge in [-0.25, -0.2) is 0 Å². The van der Waals surface area contributed by atoms with Gasteiger partial charge in [-0.3, -0.25) is 4.79 Å². The second kappa shape index (κ2) is 2.77. The van der Waals surface area contributed by atoms with E-state index in [1.54, 1.807) is 6.92 Å². The molecule has 1 saturated heterocycles. The van der Waals surface area contributed by atoms with Gasteiger partial charge in [0.05, 0.1) is 0 Å². The highest BCUT2D eigenvalue weighted by molar-refractivity contribution is 5.94. The molecule has 0 bridgehead atoms. The van der Waals surface area contributed by atoms with E-state index >= 15 is 0 Å². The molecule has 2 nitrogen and oxygen atoms in total. The number of amides is 1. The summed E-state index contributed by atoms with van der Waals surface area (Å²) < 4.78 is 0. The van der Waals surface area contributed by atoms with Crippen molar-refractivity contribution in [3.8, 4) is 11.8 Å². The van der Waals surface area contributed by atoms with Crippen LogP contribution in [0.25, 0.3) is 0 Å². The molecule has 2 aliphatic rings. The highest BCUT2D eigenvalue weighted by atomic mass is 16.2. The van der Waals surface area contributed by atoms with Crippen LogP contribution in [-0.4, -0.2) is 23.9 Å². The zero-order chi connectivity index (χ0) is 9.47. The van der Waals surface area contributed by atoms with Gasteiger partial charge in [0.15, 0.2) is 0 Å². The predicted molar refractivity (Wildman–Crippen MR) is 50.9 cm³/mol. The molecule has 1 amide bonds. The molecule has 2 rings (SSSR count). The molecule has 0 aromatic carbocycles. The van der Waals surface area contributed by atoms with Crippen LogP contribution in [0.1, 0.15) is 26.7 Å². The fourth-order valence-electron chi connectivity index (χ4n) is 2.77. The summed E-state index contributed by atoms with van der Waals surface area (Å²) in [7, 11) is 0. The average Bonchev–Trinajstić information content (AvgIpc) is 1.94. The van der Waals surface area contributed by atoms with Gasteiger partial charge in [0, 0.05) is 18.5 Å². The molecule has 1 saturated carbocycles. The quantitative estimate of drug-likeness (QED) is 0.510. The van der Waals surface area contributed by atoms with Crippen LogP contribution in [0.5, 0.6) is 0 Å². The van der Waals surface area contributed by atoms with E-state index in [2.05, 4.69) is 18.8 Å². The first-order valence-electron chi connectivity index (χ1n) is 4.87. The Bertz CT molecular complexity index is 283. The van der Waals surface area contributed by atoms with E-state index in [4.69, 9.17) is 0 Å². The molecule has 2 heteroatoms. The summed E-state index contributed by atoms with van der Waals surface area (Å²) in [5, 5.41) is 0. The first-order valence-corrected chi connectivity index (χ1v) is 4.87. The summed E-state index contributed by atoms with van der Waals surface area (Å²) >= 11 is 0. The highest BCUT2D eigenvalue weighted by Gasteiger charge is 2.51. The molecule has 70 valence electrons. The van der Waals surface area contributed by atoms with Crippen molar-refractivity contribution in [2.75, 3.05) is 13.1 Å². The lowest BCUT2D eigenvalue weighted by molar-refractivity contribution is -0.147. The Kier molecular flexibility index (Phi) is 1.83. The van der Waals surface area contributed by atoms with E-state index in [0.29, 0.717) is 5.41 Å². The molecule has 0 N–H and O–H groups in total. The number of likely N-dealkylation sites (tertiary alicyclic amines) is 1. The van der Waals surface area contributed by atoms with Crippen LogP contribution in [0.2, 0.25) is 0 Å². The molecule has 0 aromatic rings. The van der Waals surface area contributed by atoms with Gasteiger partial charge in [0.2, 0.25) is 0 Å². The molecule has 0 unspecified atom stereocenters. The van der Waals surface area contributed by atoms with Crippen molar-refractivity contribution in [1.29, 1.82) is 0 Å². The SMILES string of the molecule is CC#CC(=O)N1CC2(CC(C)C2)C1. The Morgan fingerprint density at radius 1 is 1.46 bits per heavy atom. The maximum atomic E-state index is 11.3. The van der Waals surface area contributed by atoms with E-state index < -0.39 is 0 Å². The largest absolute Gasteiger partial charge is 0.331 e. The maximum Gasteiger partial charge on any atom is 0.298 e. The van der Waals surface area contributed by atoms with Gasteiger partial charge >= 0.3 is 0 Å². The van der Waals surface area contributed by atoms with E-state index in [9.17, 15) is 4.79 Å². The second-order valence-corrected chi connectivity index (χ2v) is 4.55. The Morgan fingerprint density at radius 2 is 2.08 bits per heavy atom. The molecule has 2 fully saturated rings. The number of carbonyl (C=O) groups excluding carboxylic acids is 1. The van der Waals surface area contributed by atoms with Crippen molar-refractivity contribution in [2.45, 2.75) is 26.7 Å². The molecule has 0 aromatic heterocycles. The number of carbonyl (C=O) groups is 1. The van der Waals surface area contributed by atoms with Gasteiger partial charge in [-0.1, -0.05) is 12.8 Å². The van der Waals surface area contributed by atoms with Gasteiger partial charge in [-0.15, -0.1) is 0 Å². The number of nitrogens with zero attached hydrogens (tertiary/aromatic N) is 1. The first-order chi connectivity index (χ1) is 6.15. The van der Waals surface area contributed by atoms with Crippen molar-refractivity contribution < 1.29 is 4.79 Å². The van der Waals surface area contributed by atoms with Crippen molar-refractivity contribution in [1.82, 2.24) is 4.90 Å². The number of hydrogen-bond acceptors (Lipinski definition) is 1. The van der Waals surface area contributed by atoms with Gasteiger partial charge < -0.3 is 4.90 Å². The Balaban J connectivity index is 1.84. The third-order valence-electron chi connectivity index (χ3n) is 3.13. The summed E-state index contributed by atoms with van der Waals surface area (Å²) in [6.07, 6.45) is 2.60. The lowest BCUT2D eigenvalue weighted by Crippen LogP contribution is -2.63. The smallest absolute Gasteiger partial charge is 0.298 e. The monoisotopic (exact) mass is 177 g/mol. The van der Waals surface area contributed by atoms with Gasteiger partial charge in [0.25, 0.3) is 5.91 Å². The Hall–Kier alpha value is -0.970. The zero-order valence-corrected chi connectivity index (χ0v) is 8.26. The molecular weight excluding hydrogens is 162 g/mol. The summed E-state index contributed by atoms with van der Waals surface area (Å²) in [6.45, 7) is 5.89. The molecule has 1 spiro atoms. The van der Waals surface area contributed by atoms with Crippen LogP contribution in [0.3, 0.4) is 0 Å². The average molecular weight is 177 g/mol. The number of hydrogen-bond donors (Lipinski definition) is 0. The van der Waals surface area contributed by atoms with Crippen molar-refractivity contribution >= 4 is 5.91 Å². The molecule has 1 heterocycles. The van der Waals surface area contributed by atoms with Gasteiger partial charge in [-0.2, -0.15) is 0 Å². The Labute approximate surface area is 79.3 Å². The van der Waals surface area contributed by atoms with Crippen LogP contribution in [0, 0.1) is 23.2 Å². The van der Waals surface area contributed by atoms with E-state index in [1.807, 2.05) is 4.90 Å². The van der Waals surface area contributed by atoms with Crippen molar-refractivity contribution in [3.63, 3.8) is 0 Å². The lowest BCUT2D eigenvalue weighted by Gasteiger charge is -2.58. The highest BCUT2D eigenvalue weighted by Crippen LogP contribution is 2.51. The normalized spacial score (nSPS) is 24.3. The fraction of sp³-hybridized carbons (Fsp3) is 0.727. The fourth-order valence-corrected chi connectivity index (χ4v) is 2.77. The third kappa shape index (κ3) is 1.33. The number of rotatable bonds is 0. The summed E-state index contributed by atoms with van der Waals surface area (Å²) in [4.78, 5) is 13.2. The van der Waals surface area contributed by atoms with E-state index in [-0.39, 0.29) is 5.91 Å². The Morgan fingerprint density at radius 3 is 2.54 bits per heavy atom. The van der Waals surface area contributed by atoms with Crippen molar-refractivity contribution in [3.05, 3.63) is 0 Å². The molecule has 0 radical (unpaired) electrons. The predicted octanol–water partition coefficient (Wildman–Crippen LogP) is 1.27. The van der Waals surface area contributed by atoms with Crippen molar-refractivity contribution in [2.24, 2.45) is 11.3 Å². The van der Waals surface area contributed by atoms with E-state index in [0.717, 1.165) is 19.0 Å². The molecule has 0 atom stereocenters. The zero-order valence-electron chi connectivity index (χ0n) is 8.26. The second-order valence-electron chi connectivity index (χ2n) is 4.55. The molecular formula is C11H15NO. The minimum atomic E-state index is 0.00711. The summed E-state index contributed by atoms with van der Waals surface area (Å²) in [5.74, 6) is 6.11. The molecule has 1 aliphatic heterocycles. The minimum Gasteiger partial charge on any atom is -0.331 e. The van der Waals surface area contributed by atoms with Gasteiger partial charge in [0.1, 0.15) is 0 Å². The molecule has 1 aliphatic carbocycles. The standard InChI is InChI=1S/C11H15NO/c1-3-4-10(13)12-7-11(8-12)5-9(2)6-11/h9H,5-8H2,1-2H3. The van der Waals surface area contributed by atoms with Crippen LogP contribution < -0.4 is 0 Å². The summed E-state index contributed by atoms with van der Waals surface area (Å²) in [5.41, 5.74) is 0.504. The first kappa shape index (κ1) is 8.62.